The summed E-state index contributed by atoms with van der Waals surface area (Å²) in [6, 6.07) is 9.79. The van der Waals surface area contributed by atoms with Crippen LogP contribution >= 0.6 is 0 Å². The van der Waals surface area contributed by atoms with E-state index in [9.17, 15) is 0 Å². The lowest BCUT2D eigenvalue weighted by Gasteiger charge is -1.98. The van der Waals surface area contributed by atoms with Crippen LogP contribution in [-0.4, -0.2) is 14.5 Å². The molecule has 0 amide bonds. The van der Waals surface area contributed by atoms with E-state index in [1.165, 1.54) is 22.2 Å². The van der Waals surface area contributed by atoms with E-state index >= 15 is 0 Å². The molecule has 2 aromatic rings. The molecule has 3 rings (SSSR count). The molecule has 1 aromatic carbocycles. The zero-order valence-corrected chi connectivity index (χ0v) is 7.54. The normalized spacial score (nSPS) is 14.0. The van der Waals surface area contributed by atoms with Gasteiger partial charge in [-0.05, 0) is 23.7 Å². The predicted octanol–water partition coefficient (Wildman–Crippen LogP) is 1.08. The highest BCUT2D eigenvalue weighted by Crippen LogP contribution is 2.18. The lowest BCUT2D eigenvalue weighted by Crippen LogP contribution is -2.09. The molecular formula is C10H7NSi. The van der Waals surface area contributed by atoms with E-state index in [-0.39, 0.29) is 0 Å². The molecule has 12 heavy (non-hydrogen) atoms. The summed E-state index contributed by atoms with van der Waals surface area (Å²) in [6.45, 7) is 0. The Balaban J connectivity index is 2.58. The molecule has 1 aliphatic heterocycles. The number of hydrogen-bond acceptors (Lipinski definition) is 1. The molecule has 0 unspecified atom stereocenters. The third-order valence-electron chi connectivity index (χ3n) is 2.32. The summed E-state index contributed by atoms with van der Waals surface area (Å²) in [6.07, 6.45) is 1.91. The fraction of sp³-hybridized carbons (Fsp3) is 0.100. The number of rotatable bonds is 0. The maximum absolute atomic E-state index is 4.35. The van der Waals surface area contributed by atoms with Crippen molar-refractivity contribution in [3.63, 3.8) is 0 Å². The van der Waals surface area contributed by atoms with E-state index in [4.69, 9.17) is 0 Å². The van der Waals surface area contributed by atoms with Gasteiger partial charge in [-0.3, -0.25) is 4.98 Å². The van der Waals surface area contributed by atoms with Crippen LogP contribution in [0.2, 0.25) is 0 Å². The van der Waals surface area contributed by atoms with E-state index in [2.05, 4.69) is 29.2 Å². The summed E-state index contributed by atoms with van der Waals surface area (Å²) < 4.78 is 0. The molecule has 56 valence electrons. The zero-order valence-electron chi connectivity index (χ0n) is 6.54. The van der Waals surface area contributed by atoms with E-state index in [0.29, 0.717) is 0 Å². The van der Waals surface area contributed by atoms with Crippen molar-refractivity contribution in [3.8, 4) is 0 Å². The van der Waals surface area contributed by atoms with Gasteiger partial charge in [0.25, 0.3) is 0 Å². The number of pyridine rings is 1. The Morgan fingerprint density at radius 2 is 2.25 bits per heavy atom. The first-order valence-electron chi connectivity index (χ1n) is 4.05. The molecule has 0 bridgehead atoms. The molecule has 1 aromatic heterocycles. The summed E-state index contributed by atoms with van der Waals surface area (Å²) in [5.41, 5.74) is 2.64. The van der Waals surface area contributed by atoms with Gasteiger partial charge < -0.3 is 0 Å². The van der Waals surface area contributed by atoms with Gasteiger partial charge in [-0.1, -0.05) is 17.3 Å². The Hall–Kier alpha value is -1.15. The maximum Gasteiger partial charge on any atom is 0.0865 e. The maximum atomic E-state index is 4.35. The van der Waals surface area contributed by atoms with E-state index in [1.54, 1.807) is 0 Å². The molecule has 1 aliphatic rings. The third-order valence-corrected chi connectivity index (χ3v) is 3.68. The van der Waals surface area contributed by atoms with E-state index < -0.39 is 0 Å². The van der Waals surface area contributed by atoms with Crippen LogP contribution in [0.4, 0.5) is 0 Å². The Morgan fingerprint density at radius 3 is 3.25 bits per heavy atom. The SMILES string of the molecule is c1cc2c3c(ccnc3c1)C[Si]2. The van der Waals surface area contributed by atoms with Crippen molar-refractivity contribution in [2.45, 2.75) is 6.04 Å². The minimum absolute atomic E-state index is 0.955. The second-order valence-corrected chi connectivity index (χ2v) is 4.27. The van der Waals surface area contributed by atoms with Gasteiger partial charge in [0.1, 0.15) is 0 Å². The summed E-state index contributed by atoms with van der Waals surface area (Å²) in [4.78, 5) is 4.35. The second-order valence-electron chi connectivity index (χ2n) is 3.02. The minimum atomic E-state index is 0.955. The minimum Gasteiger partial charge on any atom is -0.256 e. The molecule has 0 spiro atoms. The molecule has 0 fully saturated rings. The monoisotopic (exact) mass is 169 g/mol. The largest absolute Gasteiger partial charge is 0.256 e. The standard InChI is InChI=1S/C10H7NSi/c1-2-8-10-7(4-5-11-8)6-12-9(10)3-1/h1-5H,6H2. The molecule has 0 aliphatic carbocycles. The first kappa shape index (κ1) is 6.37. The molecule has 0 atom stereocenters. The van der Waals surface area contributed by atoms with Crippen LogP contribution in [-0.2, 0) is 6.04 Å². The van der Waals surface area contributed by atoms with Crippen LogP contribution < -0.4 is 5.19 Å². The Kier molecular flexibility index (Phi) is 1.15. The lowest BCUT2D eigenvalue weighted by atomic mass is 10.1. The van der Waals surface area contributed by atoms with Gasteiger partial charge >= 0.3 is 0 Å². The highest BCUT2D eigenvalue weighted by molar-refractivity contribution is 6.59. The van der Waals surface area contributed by atoms with Crippen LogP contribution in [0.5, 0.6) is 0 Å². The van der Waals surface area contributed by atoms with Gasteiger partial charge in [-0.25, -0.2) is 0 Å². The molecule has 0 saturated heterocycles. The zero-order chi connectivity index (χ0) is 7.97. The van der Waals surface area contributed by atoms with Crippen molar-refractivity contribution >= 4 is 25.6 Å². The highest BCUT2D eigenvalue weighted by atomic mass is 28.2. The van der Waals surface area contributed by atoms with Crippen molar-refractivity contribution in [2.75, 3.05) is 0 Å². The number of benzene rings is 1. The molecule has 2 heteroatoms. The van der Waals surface area contributed by atoms with Gasteiger partial charge in [0.15, 0.2) is 0 Å². The molecular weight excluding hydrogens is 162 g/mol. The average molecular weight is 169 g/mol. The van der Waals surface area contributed by atoms with Crippen molar-refractivity contribution < 1.29 is 0 Å². The van der Waals surface area contributed by atoms with Crippen molar-refractivity contribution in [2.24, 2.45) is 0 Å². The molecule has 0 N–H and O–H groups in total. The molecule has 2 radical (unpaired) electrons. The summed E-state index contributed by atoms with van der Waals surface area (Å²) in [7, 11) is 0.955. The summed E-state index contributed by atoms with van der Waals surface area (Å²) in [5, 5.41) is 2.91. The predicted molar refractivity (Wildman–Crippen MR) is 50.8 cm³/mol. The summed E-state index contributed by atoms with van der Waals surface area (Å²) >= 11 is 0. The Bertz CT molecular complexity index is 412. The smallest absolute Gasteiger partial charge is 0.0865 e. The van der Waals surface area contributed by atoms with Crippen LogP contribution in [0.1, 0.15) is 5.56 Å². The fourth-order valence-corrected chi connectivity index (χ4v) is 3.12. The highest BCUT2D eigenvalue weighted by Gasteiger charge is 2.13. The van der Waals surface area contributed by atoms with Gasteiger partial charge in [0, 0.05) is 11.6 Å². The number of aromatic nitrogens is 1. The number of hydrogen-bond donors (Lipinski definition) is 0. The first-order chi connectivity index (χ1) is 5.95. The van der Waals surface area contributed by atoms with Crippen molar-refractivity contribution in [1.29, 1.82) is 0 Å². The Morgan fingerprint density at radius 1 is 1.25 bits per heavy atom. The molecule has 2 heterocycles. The lowest BCUT2D eigenvalue weighted by molar-refractivity contribution is 1.36. The van der Waals surface area contributed by atoms with Crippen LogP contribution in [0, 0.1) is 0 Å². The fourth-order valence-electron chi connectivity index (χ4n) is 1.76. The van der Waals surface area contributed by atoms with Gasteiger partial charge in [0.05, 0.1) is 15.0 Å². The third kappa shape index (κ3) is 0.702. The summed E-state index contributed by atoms with van der Waals surface area (Å²) in [5.74, 6) is 0. The van der Waals surface area contributed by atoms with Gasteiger partial charge in [-0.2, -0.15) is 0 Å². The van der Waals surface area contributed by atoms with Crippen LogP contribution in [0.15, 0.2) is 30.5 Å². The number of nitrogens with zero attached hydrogens (tertiary/aromatic N) is 1. The van der Waals surface area contributed by atoms with Gasteiger partial charge in [-0.15, -0.1) is 0 Å². The van der Waals surface area contributed by atoms with Crippen LogP contribution in [0.25, 0.3) is 10.9 Å². The second kappa shape index (κ2) is 2.17. The quantitative estimate of drug-likeness (QED) is 0.538. The van der Waals surface area contributed by atoms with Gasteiger partial charge in [0.2, 0.25) is 0 Å². The average Bonchev–Trinajstić information content (AvgIpc) is 2.52. The van der Waals surface area contributed by atoms with Crippen LogP contribution in [0.3, 0.4) is 0 Å². The molecule has 0 saturated carbocycles. The Labute approximate surface area is 73.3 Å². The van der Waals surface area contributed by atoms with Crippen molar-refractivity contribution in [1.82, 2.24) is 4.98 Å². The molecule has 1 nitrogen and oxygen atoms in total. The topological polar surface area (TPSA) is 12.9 Å². The van der Waals surface area contributed by atoms with E-state index in [0.717, 1.165) is 15.0 Å². The van der Waals surface area contributed by atoms with Crippen molar-refractivity contribution in [3.05, 3.63) is 36.0 Å². The van der Waals surface area contributed by atoms with E-state index in [1.807, 2.05) is 6.20 Å². The first-order valence-corrected chi connectivity index (χ1v) is 5.26.